The van der Waals surface area contributed by atoms with Crippen molar-refractivity contribution in [2.75, 3.05) is 73.5 Å². The van der Waals surface area contributed by atoms with Crippen LogP contribution in [0.5, 0.6) is 0 Å². The highest BCUT2D eigenvalue weighted by molar-refractivity contribution is 6.06. The molecule has 1 unspecified atom stereocenters. The van der Waals surface area contributed by atoms with E-state index in [0.29, 0.717) is 24.9 Å². The topological polar surface area (TPSA) is 113 Å². The lowest BCUT2D eigenvalue weighted by Crippen LogP contribution is -2.49. The second kappa shape index (κ2) is 14.7. The van der Waals surface area contributed by atoms with Crippen molar-refractivity contribution in [3.8, 4) is 0 Å². The Morgan fingerprint density at radius 1 is 1.09 bits per heavy atom. The van der Waals surface area contributed by atoms with Gasteiger partial charge in [0.25, 0.3) is 0 Å². The van der Waals surface area contributed by atoms with Crippen LogP contribution in [0.15, 0.2) is 42.6 Å². The molecule has 0 saturated carbocycles. The van der Waals surface area contributed by atoms with Crippen molar-refractivity contribution in [1.29, 1.82) is 0 Å². The average molecular weight is 644 g/mol. The van der Waals surface area contributed by atoms with Crippen LogP contribution in [0.1, 0.15) is 47.9 Å². The molecular weight excluding hydrogens is 598 g/mol. The Bertz CT molecular complexity index is 1570. The number of carbonyl (C=O) groups is 2. The van der Waals surface area contributed by atoms with Crippen molar-refractivity contribution < 1.29 is 23.8 Å². The van der Waals surface area contributed by atoms with E-state index >= 15 is 0 Å². The number of anilines is 5. The minimum Gasteiger partial charge on any atom is -0.469 e. The summed E-state index contributed by atoms with van der Waals surface area (Å²) in [6, 6.07) is 12.0. The van der Waals surface area contributed by atoms with Gasteiger partial charge in [-0.1, -0.05) is 18.2 Å². The number of fused-ring (bicyclic) bond motifs is 1. The van der Waals surface area contributed by atoms with Crippen LogP contribution in [0.3, 0.4) is 0 Å². The first-order chi connectivity index (χ1) is 22.8. The molecule has 250 valence electrons. The number of urea groups is 1. The standard InChI is InChI=1S/C35H45N7O5/c1-24-8-7-9-25(2)32(24)42-22-27-21-36-34(38-33(27)41(35(42)44)14-13-30(43)45-4)37-28-11-12-29(40-17-15-39(3)16-18-40)26(20-28)23-47-31-10-5-6-19-46-31/h7-9,11-12,20-21,31H,5-6,10,13-19,22-23H2,1-4H3,(H,36,37,38). The van der Waals surface area contributed by atoms with Crippen LogP contribution in [-0.4, -0.2) is 86.6 Å². The number of rotatable bonds is 10. The quantitative estimate of drug-likeness (QED) is 0.298. The first kappa shape index (κ1) is 32.7. The van der Waals surface area contributed by atoms with Crippen molar-refractivity contribution in [2.24, 2.45) is 0 Å². The van der Waals surface area contributed by atoms with E-state index in [-0.39, 0.29) is 25.3 Å². The molecular formula is C35H45N7O5. The normalized spacial score (nSPS) is 18.7. The third-order valence-corrected chi connectivity index (χ3v) is 9.11. The van der Waals surface area contributed by atoms with Gasteiger partial charge in [-0.15, -0.1) is 0 Å². The zero-order valence-electron chi connectivity index (χ0n) is 27.8. The number of methoxy groups -OCH3 is 1. The van der Waals surface area contributed by atoms with Gasteiger partial charge in [-0.05, 0) is 69.5 Å². The summed E-state index contributed by atoms with van der Waals surface area (Å²) in [6.07, 6.45) is 4.68. The van der Waals surface area contributed by atoms with Crippen molar-refractivity contribution in [3.05, 3.63) is 64.8 Å². The number of ether oxygens (including phenoxy) is 3. The zero-order valence-corrected chi connectivity index (χ0v) is 27.8. The Balaban J connectivity index is 1.28. The summed E-state index contributed by atoms with van der Waals surface area (Å²) in [7, 11) is 3.50. The molecule has 0 bridgehead atoms. The number of nitrogens with zero attached hydrogens (tertiary/aromatic N) is 6. The summed E-state index contributed by atoms with van der Waals surface area (Å²) in [5.41, 5.74) is 6.64. The maximum atomic E-state index is 14.0. The summed E-state index contributed by atoms with van der Waals surface area (Å²) in [5.74, 6) is 0.436. The second-order valence-corrected chi connectivity index (χ2v) is 12.5. The maximum Gasteiger partial charge on any atom is 0.330 e. The lowest BCUT2D eigenvalue weighted by Gasteiger charge is -2.37. The van der Waals surface area contributed by atoms with Gasteiger partial charge in [0.05, 0.1) is 32.4 Å². The molecule has 1 N–H and O–H groups in total. The van der Waals surface area contributed by atoms with Crippen LogP contribution >= 0.6 is 0 Å². The number of likely N-dealkylation sites (N-methyl/N-ethyl adjacent to an activating group) is 1. The van der Waals surface area contributed by atoms with E-state index in [4.69, 9.17) is 19.2 Å². The minimum absolute atomic E-state index is 0.0386. The molecule has 1 aromatic heterocycles. The van der Waals surface area contributed by atoms with E-state index < -0.39 is 5.97 Å². The van der Waals surface area contributed by atoms with E-state index in [1.807, 2.05) is 38.1 Å². The number of nitrogens with one attached hydrogen (secondary N) is 1. The predicted octanol–water partition coefficient (Wildman–Crippen LogP) is 5.14. The molecule has 2 amide bonds. The van der Waals surface area contributed by atoms with E-state index in [0.717, 1.165) is 91.4 Å². The highest BCUT2D eigenvalue weighted by Gasteiger charge is 2.34. The lowest BCUT2D eigenvalue weighted by atomic mass is 10.1. The van der Waals surface area contributed by atoms with Crippen LogP contribution in [-0.2, 0) is 32.2 Å². The molecule has 47 heavy (non-hydrogen) atoms. The van der Waals surface area contributed by atoms with Gasteiger partial charge >= 0.3 is 12.0 Å². The van der Waals surface area contributed by atoms with Gasteiger partial charge in [0.2, 0.25) is 5.95 Å². The monoisotopic (exact) mass is 643 g/mol. The smallest absolute Gasteiger partial charge is 0.330 e. The molecule has 3 aromatic rings. The summed E-state index contributed by atoms with van der Waals surface area (Å²) < 4.78 is 17.0. The number of hydrogen-bond acceptors (Lipinski definition) is 10. The van der Waals surface area contributed by atoms with Gasteiger partial charge in [-0.2, -0.15) is 4.98 Å². The van der Waals surface area contributed by atoms with Crippen LogP contribution in [0.4, 0.5) is 33.6 Å². The second-order valence-electron chi connectivity index (χ2n) is 12.5. The number of amides is 2. The van der Waals surface area contributed by atoms with Gasteiger partial charge < -0.3 is 29.3 Å². The molecule has 4 heterocycles. The van der Waals surface area contributed by atoms with E-state index in [2.05, 4.69) is 39.3 Å². The van der Waals surface area contributed by atoms with Crippen LogP contribution in [0, 0.1) is 13.8 Å². The summed E-state index contributed by atoms with van der Waals surface area (Å²) >= 11 is 0. The van der Waals surface area contributed by atoms with Gasteiger partial charge in [0.1, 0.15) is 5.82 Å². The number of esters is 1. The summed E-state index contributed by atoms with van der Waals surface area (Å²) in [4.78, 5) is 43.7. The summed E-state index contributed by atoms with van der Waals surface area (Å²) in [5, 5.41) is 3.36. The van der Waals surface area contributed by atoms with Gasteiger partial charge in [0, 0.05) is 68.0 Å². The molecule has 12 heteroatoms. The third kappa shape index (κ3) is 7.50. The Morgan fingerprint density at radius 3 is 2.60 bits per heavy atom. The highest BCUT2D eigenvalue weighted by Crippen LogP contribution is 2.35. The zero-order chi connectivity index (χ0) is 32.9. The average Bonchev–Trinajstić information content (AvgIpc) is 3.08. The minimum atomic E-state index is -0.398. The number of carbonyl (C=O) groups excluding carboxylic acids is 2. The van der Waals surface area contributed by atoms with Crippen molar-refractivity contribution >= 4 is 40.8 Å². The lowest BCUT2D eigenvalue weighted by molar-refractivity contribution is -0.168. The Hall–Kier alpha value is -4.26. The number of aromatic nitrogens is 2. The molecule has 2 saturated heterocycles. The highest BCUT2D eigenvalue weighted by atomic mass is 16.7. The molecule has 3 aliphatic heterocycles. The first-order valence-corrected chi connectivity index (χ1v) is 16.5. The fraction of sp³-hybridized carbons (Fsp3) is 0.486. The van der Waals surface area contributed by atoms with E-state index in [9.17, 15) is 9.59 Å². The Kier molecular flexibility index (Phi) is 10.2. The van der Waals surface area contributed by atoms with Gasteiger partial charge in [-0.3, -0.25) is 14.6 Å². The number of aryl methyl sites for hydroxylation is 2. The van der Waals surface area contributed by atoms with Crippen molar-refractivity contribution in [2.45, 2.75) is 59.0 Å². The molecule has 0 spiro atoms. The third-order valence-electron chi connectivity index (χ3n) is 9.11. The number of benzene rings is 2. The largest absolute Gasteiger partial charge is 0.469 e. The number of piperazine rings is 1. The Labute approximate surface area is 276 Å². The molecule has 2 fully saturated rings. The van der Waals surface area contributed by atoms with Gasteiger partial charge in [-0.25, -0.2) is 9.78 Å². The predicted molar refractivity (Wildman–Crippen MR) is 181 cm³/mol. The fourth-order valence-electron chi connectivity index (χ4n) is 6.48. The molecule has 6 rings (SSSR count). The number of hydrogen-bond donors (Lipinski definition) is 1. The maximum absolute atomic E-state index is 14.0. The first-order valence-electron chi connectivity index (χ1n) is 16.5. The molecule has 0 aliphatic carbocycles. The van der Waals surface area contributed by atoms with Crippen LogP contribution in [0.25, 0.3) is 0 Å². The Morgan fingerprint density at radius 2 is 1.87 bits per heavy atom. The van der Waals surface area contributed by atoms with E-state index in [1.54, 1.807) is 16.0 Å². The van der Waals surface area contributed by atoms with Crippen LogP contribution < -0.4 is 20.0 Å². The molecule has 2 aromatic carbocycles. The SMILES string of the molecule is COC(=O)CCN1C(=O)N(c2c(C)cccc2C)Cc2cnc(Nc3ccc(N4CCN(C)CC4)c(COC4CCCCO4)c3)nc21. The molecule has 3 aliphatic rings. The van der Waals surface area contributed by atoms with Crippen molar-refractivity contribution in [1.82, 2.24) is 14.9 Å². The molecule has 1 atom stereocenters. The fourth-order valence-corrected chi connectivity index (χ4v) is 6.48. The van der Waals surface area contributed by atoms with E-state index in [1.165, 1.54) is 7.11 Å². The molecule has 0 radical (unpaired) electrons. The van der Waals surface area contributed by atoms with Gasteiger partial charge in [0.15, 0.2) is 6.29 Å². The summed E-state index contributed by atoms with van der Waals surface area (Å²) in [6.45, 7) is 9.47. The van der Waals surface area contributed by atoms with Crippen LogP contribution in [0.2, 0.25) is 0 Å². The van der Waals surface area contributed by atoms with Crippen molar-refractivity contribution in [3.63, 3.8) is 0 Å². The number of para-hydroxylation sites is 1. The molecule has 12 nitrogen and oxygen atoms in total.